The second-order valence-electron chi connectivity index (χ2n) is 18.3. The van der Waals surface area contributed by atoms with Gasteiger partial charge in [-0.3, -0.25) is 0 Å². The Balaban J connectivity index is 0.858. The van der Waals surface area contributed by atoms with Crippen LogP contribution in [0.5, 0.6) is 0 Å². The van der Waals surface area contributed by atoms with Crippen LogP contribution in [0.25, 0.3) is 105 Å². The van der Waals surface area contributed by atoms with E-state index in [1.807, 2.05) is 0 Å². The molecule has 3 aliphatic carbocycles. The van der Waals surface area contributed by atoms with Crippen molar-refractivity contribution in [3.8, 4) is 33.4 Å². The van der Waals surface area contributed by atoms with Gasteiger partial charge in [-0.05, 0) is 188 Å². The Hall–Kier alpha value is -8.32. The van der Waals surface area contributed by atoms with Gasteiger partial charge in [0.15, 0.2) is 0 Å². The van der Waals surface area contributed by atoms with Crippen LogP contribution in [0.1, 0.15) is 46.2 Å². The van der Waals surface area contributed by atoms with E-state index in [0.717, 1.165) is 19.3 Å². The van der Waals surface area contributed by atoms with Crippen LogP contribution in [0, 0.1) is 0 Å². The minimum Gasteiger partial charge on any atom is -0.0795 e. The predicted molar refractivity (Wildman–Crippen MR) is 289 cm³/mol. The van der Waals surface area contributed by atoms with Gasteiger partial charge < -0.3 is 0 Å². The SMILES string of the molecule is C1=Cc2ccc(-c3ccc4ccccc4c3)cc2C2=CCC(c3ccc(-c4cc(-c5ccc6ccccc6c5)c5ccc6c(c5c4)CC=C(c4ccc5ccccc5c4)C=C6)cc3)=CC=C2C1. The van der Waals surface area contributed by atoms with Gasteiger partial charge in [0.05, 0.1) is 0 Å². The fraction of sp³-hybridized carbons (Fsp3) is 0.0448. The van der Waals surface area contributed by atoms with E-state index >= 15 is 0 Å². The Morgan fingerprint density at radius 3 is 1.61 bits per heavy atom. The summed E-state index contributed by atoms with van der Waals surface area (Å²) in [5, 5.41) is 10.2. The molecule has 0 spiro atoms. The molecule has 0 saturated heterocycles. The number of allylic oxidation sites excluding steroid dienone is 10. The van der Waals surface area contributed by atoms with Crippen LogP contribution >= 0.6 is 0 Å². The van der Waals surface area contributed by atoms with Gasteiger partial charge >= 0.3 is 0 Å². The smallest absolute Gasteiger partial charge is 0.00761 e. The van der Waals surface area contributed by atoms with Gasteiger partial charge in [-0.2, -0.15) is 0 Å². The van der Waals surface area contributed by atoms with Gasteiger partial charge in [-0.25, -0.2) is 0 Å². The van der Waals surface area contributed by atoms with E-state index in [0.29, 0.717) is 0 Å². The molecule has 0 aliphatic heterocycles. The lowest BCUT2D eigenvalue weighted by Gasteiger charge is -2.16. The molecular formula is C67H46. The summed E-state index contributed by atoms with van der Waals surface area (Å²) in [4.78, 5) is 0. The third kappa shape index (κ3) is 7.19. The molecule has 3 aliphatic rings. The van der Waals surface area contributed by atoms with Crippen molar-refractivity contribution in [1.29, 1.82) is 0 Å². The molecule has 0 heterocycles. The fourth-order valence-corrected chi connectivity index (χ4v) is 10.8. The number of hydrogen-bond acceptors (Lipinski definition) is 0. The van der Waals surface area contributed by atoms with Crippen molar-refractivity contribution >= 4 is 72.0 Å². The van der Waals surface area contributed by atoms with Crippen molar-refractivity contribution < 1.29 is 0 Å². The highest BCUT2D eigenvalue weighted by atomic mass is 14.2. The van der Waals surface area contributed by atoms with Crippen LogP contribution in [-0.2, 0) is 6.42 Å². The Bertz CT molecular complexity index is 3860. The quantitative estimate of drug-likeness (QED) is 0.162. The lowest BCUT2D eigenvalue weighted by Crippen LogP contribution is -1.93. The zero-order chi connectivity index (χ0) is 44.3. The zero-order valence-corrected chi connectivity index (χ0v) is 37.2. The average Bonchev–Trinajstić information content (AvgIpc) is 3.82. The fourth-order valence-electron chi connectivity index (χ4n) is 10.8. The van der Waals surface area contributed by atoms with Gasteiger partial charge in [0, 0.05) is 0 Å². The van der Waals surface area contributed by atoms with Crippen molar-refractivity contribution in [3.05, 3.63) is 270 Å². The summed E-state index contributed by atoms with van der Waals surface area (Å²) in [5.74, 6) is 0. The van der Waals surface area contributed by atoms with E-state index in [1.54, 1.807) is 0 Å². The standard InChI is InChI=1S/C67H46/c1-4-11-54-38-57(28-22-44(54)8-1)49-21-26-53-34-37-64-66(60-31-24-46-10-3-6-13-56(46)40-60)42-61(43-67(64)63(53)36-33-49)50-18-16-47(17-19-50)48-20-25-51-14-7-15-52-27-30-59(41-65(52)62(51)35-32-48)58-29-23-45-9-2-5-12-55(45)39-58/h1-13,15-31,33-35,37-43H,14,32,36H2. The van der Waals surface area contributed by atoms with Crippen LogP contribution in [0.4, 0.5) is 0 Å². The van der Waals surface area contributed by atoms with E-state index in [1.165, 1.54) is 132 Å². The highest BCUT2D eigenvalue weighted by molar-refractivity contribution is 6.05. The summed E-state index contributed by atoms with van der Waals surface area (Å²) in [6.45, 7) is 0. The molecule has 10 aromatic carbocycles. The first kappa shape index (κ1) is 39.1. The minimum atomic E-state index is 0.853. The maximum Gasteiger partial charge on any atom is -0.00761 e. The highest BCUT2D eigenvalue weighted by Gasteiger charge is 2.19. The van der Waals surface area contributed by atoms with Crippen LogP contribution in [0.15, 0.2) is 236 Å². The van der Waals surface area contributed by atoms with Crippen LogP contribution in [0.3, 0.4) is 0 Å². The normalized spacial score (nSPS) is 14.3. The summed E-state index contributed by atoms with van der Waals surface area (Å²) in [6, 6.07) is 72.3. The molecule has 0 bridgehead atoms. The number of benzene rings is 10. The summed E-state index contributed by atoms with van der Waals surface area (Å²) in [5.41, 5.74) is 20.5. The molecule has 0 atom stereocenters. The van der Waals surface area contributed by atoms with Crippen molar-refractivity contribution in [2.75, 3.05) is 0 Å². The van der Waals surface area contributed by atoms with Crippen LogP contribution in [-0.4, -0.2) is 0 Å². The summed E-state index contributed by atoms with van der Waals surface area (Å²) >= 11 is 0. The van der Waals surface area contributed by atoms with Crippen LogP contribution < -0.4 is 0 Å². The molecule has 10 aromatic rings. The Labute approximate surface area is 392 Å². The molecule has 0 heteroatoms. The Kier molecular flexibility index (Phi) is 9.50. The maximum absolute atomic E-state index is 2.47. The molecule has 0 fully saturated rings. The summed E-state index contributed by atoms with van der Waals surface area (Å²) < 4.78 is 0. The van der Waals surface area contributed by atoms with E-state index in [-0.39, 0.29) is 0 Å². The van der Waals surface area contributed by atoms with Gasteiger partial charge in [-0.1, -0.05) is 206 Å². The van der Waals surface area contributed by atoms with Crippen molar-refractivity contribution in [1.82, 2.24) is 0 Å². The molecule has 0 N–H and O–H groups in total. The van der Waals surface area contributed by atoms with Gasteiger partial charge in [-0.15, -0.1) is 0 Å². The van der Waals surface area contributed by atoms with E-state index in [9.17, 15) is 0 Å². The maximum atomic E-state index is 2.47. The molecule has 0 unspecified atom stereocenters. The highest BCUT2D eigenvalue weighted by Crippen LogP contribution is 2.42. The van der Waals surface area contributed by atoms with Crippen molar-refractivity contribution in [2.24, 2.45) is 0 Å². The Morgan fingerprint density at radius 1 is 0.299 bits per heavy atom. The van der Waals surface area contributed by atoms with Gasteiger partial charge in [0.2, 0.25) is 0 Å². The van der Waals surface area contributed by atoms with E-state index in [2.05, 4.69) is 243 Å². The monoisotopic (exact) mass is 850 g/mol. The van der Waals surface area contributed by atoms with E-state index < -0.39 is 0 Å². The molecule has 0 amide bonds. The van der Waals surface area contributed by atoms with Crippen LogP contribution in [0.2, 0.25) is 0 Å². The largest absolute Gasteiger partial charge is 0.0795 e. The van der Waals surface area contributed by atoms with Crippen molar-refractivity contribution in [2.45, 2.75) is 19.3 Å². The Morgan fingerprint density at radius 2 is 0.866 bits per heavy atom. The second kappa shape index (κ2) is 16.3. The molecule has 13 rings (SSSR count). The molecular weight excluding hydrogens is 805 g/mol. The molecule has 0 nitrogen and oxygen atoms in total. The van der Waals surface area contributed by atoms with Gasteiger partial charge in [0.1, 0.15) is 0 Å². The second-order valence-corrected chi connectivity index (χ2v) is 18.3. The molecule has 67 heavy (non-hydrogen) atoms. The topological polar surface area (TPSA) is 0 Å². The zero-order valence-electron chi connectivity index (χ0n) is 37.2. The number of rotatable bonds is 5. The lowest BCUT2D eigenvalue weighted by molar-refractivity contribution is 1.30. The number of fused-ring (bicyclic) bond motifs is 9. The van der Waals surface area contributed by atoms with E-state index in [4.69, 9.17) is 0 Å². The molecule has 0 radical (unpaired) electrons. The third-order valence-corrected chi connectivity index (χ3v) is 14.4. The lowest BCUT2D eigenvalue weighted by atomic mass is 9.87. The first-order valence-corrected chi connectivity index (χ1v) is 23.6. The number of hydrogen-bond donors (Lipinski definition) is 0. The van der Waals surface area contributed by atoms with Crippen molar-refractivity contribution in [3.63, 3.8) is 0 Å². The average molecular weight is 851 g/mol. The third-order valence-electron chi connectivity index (χ3n) is 14.4. The molecule has 0 saturated carbocycles. The first-order chi connectivity index (χ1) is 33.1. The molecule has 0 aromatic heterocycles. The van der Waals surface area contributed by atoms with Gasteiger partial charge in [0.25, 0.3) is 0 Å². The first-order valence-electron chi connectivity index (χ1n) is 23.6. The predicted octanol–water partition coefficient (Wildman–Crippen LogP) is 18.2. The minimum absolute atomic E-state index is 0.853. The summed E-state index contributed by atoms with van der Waals surface area (Å²) in [7, 11) is 0. The molecule has 314 valence electrons. The summed E-state index contributed by atoms with van der Waals surface area (Å²) in [6.07, 6.45) is 21.5.